The largest absolute Gasteiger partial charge is 0.349 e. The Morgan fingerprint density at radius 1 is 1.15 bits per heavy atom. The zero-order chi connectivity index (χ0) is 18.1. The van der Waals surface area contributed by atoms with E-state index in [1.165, 1.54) is 42.6 Å². The van der Waals surface area contributed by atoms with Crippen molar-refractivity contribution in [3.8, 4) is 5.69 Å². The van der Waals surface area contributed by atoms with Crippen molar-refractivity contribution >= 4 is 27.5 Å². The summed E-state index contributed by atoms with van der Waals surface area (Å²) in [5, 5.41) is 9.01. The molecule has 1 saturated carbocycles. The van der Waals surface area contributed by atoms with E-state index in [2.05, 4.69) is 35.5 Å². The zero-order valence-corrected chi connectivity index (χ0v) is 16.2. The highest BCUT2D eigenvalue weighted by Crippen LogP contribution is 2.31. The number of carbonyl (C=O) groups is 1. The molecule has 1 N–H and O–H groups in total. The van der Waals surface area contributed by atoms with Crippen molar-refractivity contribution < 1.29 is 4.79 Å². The van der Waals surface area contributed by atoms with Crippen LogP contribution in [0, 0.1) is 13.8 Å². The molecule has 4 rings (SSSR count). The van der Waals surface area contributed by atoms with Gasteiger partial charge in [0.15, 0.2) is 0 Å². The maximum absolute atomic E-state index is 12.8. The summed E-state index contributed by atoms with van der Waals surface area (Å²) in [5.74, 6) is 0.0632. The highest BCUT2D eigenvalue weighted by molar-refractivity contribution is 7.20. The fourth-order valence-corrected chi connectivity index (χ4v) is 4.86. The first-order valence-electron chi connectivity index (χ1n) is 9.49. The molecule has 2 aromatic heterocycles. The Bertz CT molecular complexity index is 932. The Labute approximate surface area is 158 Å². The van der Waals surface area contributed by atoms with Crippen LogP contribution < -0.4 is 5.32 Å². The van der Waals surface area contributed by atoms with E-state index >= 15 is 0 Å². The molecule has 1 aromatic carbocycles. The first-order chi connectivity index (χ1) is 12.6. The number of fused-ring (bicyclic) bond motifs is 1. The molecule has 0 bridgehead atoms. The van der Waals surface area contributed by atoms with Crippen LogP contribution in [0.5, 0.6) is 0 Å². The van der Waals surface area contributed by atoms with Gasteiger partial charge in [0.1, 0.15) is 4.83 Å². The molecule has 5 heteroatoms. The van der Waals surface area contributed by atoms with Gasteiger partial charge >= 0.3 is 0 Å². The lowest BCUT2D eigenvalue weighted by Gasteiger charge is -2.15. The number of hydrogen-bond acceptors (Lipinski definition) is 3. The lowest BCUT2D eigenvalue weighted by Crippen LogP contribution is -2.33. The van der Waals surface area contributed by atoms with Crippen LogP contribution in [0.3, 0.4) is 0 Å². The van der Waals surface area contributed by atoms with Crippen molar-refractivity contribution in [2.45, 2.75) is 58.4 Å². The Morgan fingerprint density at radius 2 is 1.92 bits per heavy atom. The van der Waals surface area contributed by atoms with Gasteiger partial charge < -0.3 is 5.32 Å². The maximum Gasteiger partial charge on any atom is 0.261 e. The van der Waals surface area contributed by atoms with E-state index < -0.39 is 0 Å². The number of aromatic nitrogens is 2. The second-order valence-corrected chi connectivity index (χ2v) is 8.36. The molecule has 0 saturated heterocycles. The van der Waals surface area contributed by atoms with Gasteiger partial charge in [0.25, 0.3) is 5.91 Å². The normalized spacial score (nSPS) is 15.9. The van der Waals surface area contributed by atoms with Gasteiger partial charge in [-0.25, -0.2) is 4.68 Å². The van der Waals surface area contributed by atoms with Crippen molar-refractivity contribution in [2.24, 2.45) is 0 Å². The third kappa shape index (κ3) is 3.40. The molecule has 0 unspecified atom stereocenters. The van der Waals surface area contributed by atoms with Gasteiger partial charge in [0, 0.05) is 11.4 Å². The van der Waals surface area contributed by atoms with Crippen LogP contribution in [-0.2, 0) is 0 Å². The van der Waals surface area contributed by atoms with Gasteiger partial charge in [-0.3, -0.25) is 4.79 Å². The Balaban J connectivity index is 1.63. The first-order valence-corrected chi connectivity index (χ1v) is 10.3. The fourth-order valence-electron chi connectivity index (χ4n) is 3.77. The second-order valence-electron chi connectivity index (χ2n) is 7.33. The minimum atomic E-state index is 0.0632. The van der Waals surface area contributed by atoms with E-state index in [0.29, 0.717) is 6.04 Å². The standard InChI is InChI=1S/C21H25N3OS/c1-14-8-7-11-17(12-14)24-21-18(15(2)23-24)13-19(26-21)20(25)22-16-9-5-3-4-6-10-16/h7-8,11-13,16H,3-6,9-10H2,1-2H3,(H,22,25). The van der Waals surface area contributed by atoms with E-state index in [9.17, 15) is 4.79 Å². The molecule has 0 spiro atoms. The number of benzene rings is 1. The van der Waals surface area contributed by atoms with E-state index in [4.69, 9.17) is 0 Å². The van der Waals surface area contributed by atoms with Crippen molar-refractivity contribution in [2.75, 3.05) is 0 Å². The lowest BCUT2D eigenvalue weighted by atomic mass is 10.1. The third-order valence-corrected chi connectivity index (χ3v) is 6.31. The van der Waals surface area contributed by atoms with Crippen LogP contribution in [0.2, 0.25) is 0 Å². The molecule has 0 atom stereocenters. The Hall–Kier alpha value is -2.14. The summed E-state index contributed by atoms with van der Waals surface area (Å²) in [6.45, 7) is 4.09. The number of carbonyl (C=O) groups excluding carboxylic acids is 1. The maximum atomic E-state index is 12.8. The van der Waals surface area contributed by atoms with Gasteiger partial charge in [0.2, 0.25) is 0 Å². The molecule has 26 heavy (non-hydrogen) atoms. The fraction of sp³-hybridized carbons (Fsp3) is 0.429. The lowest BCUT2D eigenvalue weighted by molar-refractivity contribution is 0.0937. The van der Waals surface area contributed by atoms with Crippen LogP contribution in [0.1, 0.15) is 59.5 Å². The highest BCUT2D eigenvalue weighted by Gasteiger charge is 2.20. The second kappa shape index (κ2) is 7.23. The Kier molecular flexibility index (Phi) is 4.81. The molecule has 2 heterocycles. The molecule has 136 valence electrons. The van der Waals surface area contributed by atoms with E-state index in [1.54, 1.807) is 0 Å². The number of nitrogens with zero attached hydrogens (tertiary/aromatic N) is 2. The molecule has 1 aliphatic rings. The van der Waals surface area contributed by atoms with Gasteiger partial charge in [-0.05, 0) is 50.5 Å². The molecule has 4 nitrogen and oxygen atoms in total. The number of hydrogen-bond donors (Lipinski definition) is 1. The molecule has 1 amide bonds. The van der Waals surface area contributed by atoms with E-state index in [-0.39, 0.29) is 5.91 Å². The number of aryl methyl sites for hydroxylation is 2. The average molecular weight is 368 g/mol. The Morgan fingerprint density at radius 3 is 2.65 bits per heavy atom. The number of nitrogens with one attached hydrogen (secondary N) is 1. The minimum absolute atomic E-state index is 0.0632. The zero-order valence-electron chi connectivity index (χ0n) is 15.4. The summed E-state index contributed by atoms with van der Waals surface area (Å²) in [5.41, 5.74) is 3.21. The quantitative estimate of drug-likeness (QED) is 0.650. The van der Waals surface area contributed by atoms with Gasteiger partial charge in [-0.1, -0.05) is 37.8 Å². The van der Waals surface area contributed by atoms with Crippen LogP contribution in [0.4, 0.5) is 0 Å². The smallest absolute Gasteiger partial charge is 0.261 e. The highest BCUT2D eigenvalue weighted by atomic mass is 32.1. The minimum Gasteiger partial charge on any atom is -0.349 e. The molecule has 0 aliphatic heterocycles. The van der Waals surface area contributed by atoms with Crippen LogP contribution >= 0.6 is 11.3 Å². The van der Waals surface area contributed by atoms with Crippen LogP contribution in [-0.4, -0.2) is 21.7 Å². The molecule has 1 fully saturated rings. The van der Waals surface area contributed by atoms with E-state index in [0.717, 1.165) is 39.3 Å². The predicted octanol–water partition coefficient (Wildman–Crippen LogP) is 5.16. The van der Waals surface area contributed by atoms with Crippen LogP contribution in [0.15, 0.2) is 30.3 Å². The summed E-state index contributed by atoms with van der Waals surface area (Å²) < 4.78 is 1.96. The monoisotopic (exact) mass is 367 g/mol. The summed E-state index contributed by atoms with van der Waals surface area (Å²) in [4.78, 5) is 14.6. The number of rotatable bonds is 3. The summed E-state index contributed by atoms with van der Waals surface area (Å²) in [6.07, 6.45) is 7.23. The topological polar surface area (TPSA) is 46.9 Å². The molecule has 3 aromatic rings. The van der Waals surface area contributed by atoms with Crippen LogP contribution in [0.25, 0.3) is 15.9 Å². The molecule has 0 radical (unpaired) electrons. The van der Waals surface area contributed by atoms with Gasteiger partial charge in [0.05, 0.1) is 16.3 Å². The average Bonchev–Trinajstić information content (AvgIpc) is 3.08. The molecule has 1 aliphatic carbocycles. The van der Waals surface area contributed by atoms with Gasteiger partial charge in [-0.2, -0.15) is 5.10 Å². The summed E-state index contributed by atoms with van der Waals surface area (Å²) >= 11 is 1.54. The third-order valence-electron chi connectivity index (χ3n) is 5.21. The number of thiophene rings is 1. The van der Waals surface area contributed by atoms with Crippen molar-refractivity contribution in [3.63, 3.8) is 0 Å². The van der Waals surface area contributed by atoms with Crippen molar-refractivity contribution in [1.29, 1.82) is 0 Å². The number of amides is 1. The predicted molar refractivity (Wildman–Crippen MR) is 107 cm³/mol. The first kappa shape index (κ1) is 17.3. The van der Waals surface area contributed by atoms with Crippen molar-refractivity contribution in [1.82, 2.24) is 15.1 Å². The molecular formula is C21H25N3OS. The van der Waals surface area contributed by atoms with Crippen molar-refractivity contribution in [3.05, 3.63) is 46.5 Å². The summed E-state index contributed by atoms with van der Waals surface area (Å²) in [7, 11) is 0. The summed E-state index contributed by atoms with van der Waals surface area (Å²) in [6, 6.07) is 10.6. The SMILES string of the molecule is Cc1cccc(-n2nc(C)c3cc(C(=O)NC4CCCCCC4)sc32)c1. The van der Waals surface area contributed by atoms with Gasteiger partial charge in [-0.15, -0.1) is 11.3 Å². The van der Waals surface area contributed by atoms with E-state index in [1.807, 2.05) is 23.7 Å². The molecular weight excluding hydrogens is 342 g/mol.